The van der Waals surface area contributed by atoms with E-state index in [9.17, 15) is 67.4 Å². The van der Waals surface area contributed by atoms with Crippen molar-refractivity contribution in [3.63, 3.8) is 0 Å². The fourth-order valence-corrected chi connectivity index (χ4v) is 12.8. The van der Waals surface area contributed by atoms with Gasteiger partial charge in [-0.05, 0) is 137 Å². The number of hydrogen-bond donors (Lipinski definition) is 24. The van der Waals surface area contributed by atoms with Crippen LogP contribution in [-0.2, 0) is 81.6 Å². The Morgan fingerprint density at radius 1 is 0.434 bits per heavy atom. The molecule has 0 aliphatic heterocycles. The van der Waals surface area contributed by atoms with E-state index in [-0.39, 0.29) is 102 Å². The molecule has 0 saturated carbocycles. The van der Waals surface area contributed by atoms with E-state index in [4.69, 9.17) is 51.0 Å². The van der Waals surface area contributed by atoms with Crippen LogP contribution in [0.1, 0.15) is 127 Å². The van der Waals surface area contributed by atoms with E-state index >= 15 is 0 Å². The largest absolute Gasteiger partial charge is 0.480 e. The molecule has 113 heavy (non-hydrogen) atoms. The fraction of sp³-hybridized carbons (Fsp3) is 0.507. The van der Waals surface area contributed by atoms with Crippen LogP contribution in [0, 0.1) is 16.7 Å². The van der Waals surface area contributed by atoms with Crippen LogP contribution in [0.4, 0.5) is 0 Å². The van der Waals surface area contributed by atoms with Crippen molar-refractivity contribution in [3.8, 4) is 0 Å². The number of benzene rings is 3. The Kier molecular flexibility index (Phi) is 39.5. The minimum Gasteiger partial charge on any atom is -0.480 e. The predicted molar refractivity (Wildman–Crippen MR) is 428 cm³/mol. The van der Waals surface area contributed by atoms with Crippen molar-refractivity contribution >= 4 is 122 Å². The first-order valence-corrected chi connectivity index (χ1v) is 39.1. The molecule has 2 aromatic heterocycles. The number of nitrogens with two attached hydrogens (primary N) is 7. The van der Waals surface area contributed by atoms with Gasteiger partial charge in [0, 0.05) is 73.0 Å². The van der Waals surface area contributed by atoms with Gasteiger partial charge in [0.05, 0.1) is 12.5 Å². The maximum absolute atomic E-state index is 14.9. The number of nitrogens with one attached hydrogen (secondary N) is 16. The van der Waals surface area contributed by atoms with Crippen LogP contribution in [0.15, 0.2) is 91.3 Å². The Morgan fingerprint density at radius 2 is 0.788 bits per heavy atom. The average Bonchev–Trinajstić information content (AvgIpc) is 1.71. The van der Waals surface area contributed by atoms with E-state index in [1.807, 2.05) is 31.2 Å². The van der Waals surface area contributed by atoms with Crippen molar-refractivity contribution in [3.05, 3.63) is 108 Å². The molecule has 618 valence electrons. The SMILES string of the molecule is CC[C@H](C)[C@H](N)C(=O)N[C@@H](Cc1c[nH]c2ccccc12)C(=O)N[C@@H](Cc1ccccc1)C(=O)N[C@@H](CCC(N)=O)C(=O)N[C@@H](CC(N)=O)C(=O)N[C@@H](CCCNC(=N)N)C(=O)N[C@@H](CCCNC(=N)N)C(=O)N[C@@H](CCSC)C(=O)N[C@@H](CCCCN)C(=O)N[C@@H](Cc1c[nH]c2ccccc12)C(=O)N[C@@H](CCCCN)C(=O)O. The summed E-state index contributed by atoms with van der Waals surface area (Å²) in [7, 11) is 0. The number of thioether (sulfide) groups is 1. The zero-order valence-electron chi connectivity index (χ0n) is 64.1. The molecule has 0 fully saturated rings. The van der Waals surface area contributed by atoms with Gasteiger partial charge in [0.1, 0.15) is 60.4 Å². The summed E-state index contributed by atoms with van der Waals surface area (Å²) in [4.78, 5) is 190. The first-order chi connectivity index (χ1) is 54.0. The number of aromatic amines is 2. The number of H-pyrrole nitrogens is 2. The lowest BCUT2D eigenvalue weighted by Crippen LogP contribution is -2.61. The summed E-state index contributed by atoms with van der Waals surface area (Å²) in [5.74, 6) is -13.6. The van der Waals surface area contributed by atoms with Crippen LogP contribution in [0.5, 0.6) is 0 Å². The summed E-state index contributed by atoms with van der Waals surface area (Å²) in [5, 5.41) is 58.7. The lowest BCUT2D eigenvalue weighted by atomic mass is 9.97. The lowest BCUT2D eigenvalue weighted by molar-refractivity contribution is -0.142. The minimum absolute atomic E-state index is 0.00898. The van der Waals surface area contributed by atoms with E-state index in [2.05, 4.69) is 73.8 Å². The van der Waals surface area contributed by atoms with Crippen molar-refractivity contribution < 1.29 is 67.4 Å². The molecule has 12 amide bonds. The third-order valence-electron chi connectivity index (χ3n) is 18.9. The van der Waals surface area contributed by atoms with Crippen molar-refractivity contribution in [1.29, 1.82) is 10.8 Å². The smallest absolute Gasteiger partial charge is 0.326 e. The number of guanidine groups is 2. The van der Waals surface area contributed by atoms with Gasteiger partial charge < -0.3 is 119 Å². The highest BCUT2D eigenvalue weighted by atomic mass is 32.2. The number of rotatable bonds is 53. The topological polar surface area (TPSA) is 648 Å². The molecule has 0 saturated heterocycles. The molecule has 0 bridgehead atoms. The number of carbonyl (C=O) groups is 13. The summed E-state index contributed by atoms with van der Waals surface area (Å²) in [6, 6.07) is 6.63. The van der Waals surface area contributed by atoms with Crippen LogP contribution < -0.4 is 104 Å². The number of carbonyl (C=O) groups excluding carboxylic acids is 12. The number of amides is 12. The number of fused-ring (bicyclic) bond motifs is 2. The van der Waals surface area contributed by atoms with Gasteiger partial charge in [0.2, 0.25) is 70.9 Å². The van der Waals surface area contributed by atoms with E-state index < -0.39 is 174 Å². The highest BCUT2D eigenvalue weighted by Gasteiger charge is 2.38. The molecule has 12 atom stereocenters. The Hall–Kier alpha value is -11.4. The number of carboxylic acid groups (broad SMARTS) is 1. The van der Waals surface area contributed by atoms with Crippen molar-refractivity contribution in [1.82, 2.24) is 73.8 Å². The second-order valence-electron chi connectivity index (χ2n) is 27.7. The first-order valence-electron chi connectivity index (χ1n) is 37.7. The molecule has 2 heterocycles. The molecule has 31 N–H and O–H groups in total. The number of aromatic nitrogens is 2. The quantitative estimate of drug-likeness (QED) is 0.0110. The molecule has 37 nitrogen and oxygen atoms in total. The summed E-state index contributed by atoms with van der Waals surface area (Å²) >= 11 is 1.31. The Labute approximate surface area is 659 Å². The van der Waals surface area contributed by atoms with Gasteiger partial charge >= 0.3 is 5.97 Å². The van der Waals surface area contributed by atoms with Crippen LogP contribution in [0.3, 0.4) is 0 Å². The zero-order valence-corrected chi connectivity index (χ0v) is 64.9. The Bertz CT molecular complexity index is 4030. The highest BCUT2D eigenvalue weighted by molar-refractivity contribution is 7.98. The van der Waals surface area contributed by atoms with E-state index in [0.29, 0.717) is 48.8 Å². The van der Waals surface area contributed by atoms with Gasteiger partial charge in [0.15, 0.2) is 11.9 Å². The van der Waals surface area contributed by atoms with Gasteiger partial charge in [-0.2, -0.15) is 11.8 Å². The van der Waals surface area contributed by atoms with Crippen LogP contribution in [-0.4, -0.2) is 208 Å². The zero-order chi connectivity index (χ0) is 83.1. The number of para-hydroxylation sites is 2. The molecule has 0 spiro atoms. The van der Waals surface area contributed by atoms with Crippen molar-refractivity contribution in [2.75, 3.05) is 38.2 Å². The molecule has 0 aliphatic carbocycles. The summed E-state index contributed by atoms with van der Waals surface area (Å²) in [5.41, 5.74) is 43.6. The molecule has 5 aromatic rings. The maximum atomic E-state index is 14.9. The standard InChI is InChI=1S/C75H113N23O14S/c1-4-42(2)62(80)72(110)98-58(38-45-41-88-49-23-11-9-21-47(45)49)70(108)95-56(36-43-18-6-5-7-19-43)68(106)92-53(28-29-60(78)99)66(104)97-59(39-61(79)100)71(109)91-52(27-17-34-86-75(83)84)63(101)90-51(26-16-33-85-74(81)82)64(102)93-54(30-35-113-3)67(105)89-50(24-12-14-31-76)65(103)96-57(37-44-40-87-48-22-10-8-20-46(44)48)69(107)94-55(73(111)112)25-13-15-32-77/h5-11,18-23,40-42,50-59,62,87-88H,4,12-17,24-39,76-77,80H2,1-3H3,(H2,78,99)(H2,79,100)(H,89,105)(H,90,101)(H,91,109)(H,92,106)(H,93,102)(H,94,107)(H,95,108)(H,96,103)(H,97,104)(H,98,110)(H,111,112)(H4,81,82,85)(H4,83,84,86)/t42-,50-,51-,52-,53-,54-,55-,56-,57-,58-,59-,62-/m0/s1. The van der Waals surface area contributed by atoms with E-state index in [0.717, 1.165) is 21.8 Å². The van der Waals surface area contributed by atoms with Crippen LogP contribution in [0.2, 0.25) is 0 Å². The third-order valence-corrected chi connectivity index (χ3v) is 19.6. The second kappa shape index (κ2) is 48.4. The monoisotopic (exact) mass is 1590 g/mol. The fourth-order valence-electron chi connectivity index (χ4n) is 12.3. The lowest BCUT2D eigenvalue weighted by Gasteiger charge is -2.28. The Balaban J connectivity index is 1.44. The number of unbranched alkanes of at least 4 members (excludes halogenated alkanes) is 2. The molecule has 0 unspecified atom stereocenters. The Morgan fingerprint density at radius 3 is 1.19 bits per heavy atom. The van der Waals surface area contributed by atoms with Crippen molar-refractivity contribution in [2.45, 2.75) is 196 Å². The molecule has 3 aromatic carbocycles. The average molecular weight is 1590 g/mol. The van der Waals surface area contributed by atoms with Crippen molar-refractivity contribution in [2.24, 2.45) is 46.1 Å². The summed E-state index contributed by atoms with van der Waals surface area (Å²) in [6.45, 7) is 4.07. The molecule has 0 radical (unpaired) electrons. The first kappa shape index (κ1) is 92.2. The van der Waals surface area contributed by atoms with Gasteiger partial charge in [-0.15, -0.1) is 0 Å². The number of carboxylic acids is 1. The predicted octanol–water partition coefficient (Wildman–Crippen LogP) is -2.34. The second-order valence-corrected chi connectivity index (χ2v) is 28.7. The van der Waals surface area contributed by atoms with Gasteiger partial charge in [-0.1, -0.05) is 87.0 Å². The van der Waals surface area contributed by atoms with Gasteiger partial charge in [-0.25, -0.2) is 4.79 Å². The summed E-state index contributed by atoms with van der Waals surface area (Å²) < 4.78 is 0. The molecule has 0 aliphatic rings. The maximum Gasteiger partial charge on any atom is 0.326 e. The van der Waals surface area contributed by atoms with Gasteiger partial charge in [0.25, 0.3) is 0 Å². The molecule has 5 rings (SSSR count). The minimum atomic E-state index is -1.94. The van der Waals surface area contributed by atoms with E-state index in [1.54, 1.807) is 80.2 Å². The van der Waals surface area contributed by atoms with Crippen LogP contribution in [0.25, 0.3) is 21.8 Å². The third kappa shape index (κ3) is 31.7. The molecular formula is C75H113N23O14S. The highest BCUT2D eigenvalue weighted by Crippen LogP contribution is 2.22. The number of primary amides is 2. The normalized spacial score (nSPS) is 14.4. The molecule has 38 heteroatoms. The van der Waals surface area contributed by atoms with Gasteiger partial charge in [-0.3, -0.25) is 68.4 Å². The molecular weight excluding hydrogens is 1480 g/mol. The number of aliphatic carboxylic acids is 1. The van der Waals surface area contributed by atoms with E-state index in [1.165, 1.54) is 11.8 Å². The number of hydrogen-bond acceptors (Lipinski definition) is 19. The summed E-state index contributed by atoms with van der Waals surface area (Å²) in [6.07, 6.45) is 4.31. The van der Waals surface area contributed by atoms with Crippen LogP contribution >= 0.6 is 11.8 Å².